The van der Waals surface area contributed by atoms with Crippen LogP contribution in [-0.2, 0) is 4.74 Å². The van der Waals surface area contributed by atoms with Gasteiger partial charge in [0.15, 0.2) is 5.76 Å². The molecule has 1 aliphatic rings. The van der Waals surface area contributed by atoms with Gasteiger partial charge >= 0.3 is 0 Å². The number of nitrogens with zero attached hydrogens (tertiary/aromatic N) is 1. The van der Waals surface area contributed by atoms with Crippen molar-refractivity contribution >= 4 is 19.2 Å². The average Bonchev–Trinajstić information content (AvgIpc) is 2.95. The Labute approximate surface area is 115 Å². The minimum Gasteiger partial charge on any atom is -0.459 e. The summed E-state index contributed by atoms with van der Waals surface area (Å²) < 4.78 is 10.7. The molecular weight excluding hydrogens is 258 g/mol. The zero-order chi connectivity index (χ0) is 14.0. The van der Waals surface area contributed by atoms with Gasteiger partial charge in [0.25, 0.3) is 5.91 Å². The molecule has 1 atom stereocenters. The summed E-state index contributed by atoms with van der Waals surface area (Å²) in [6, 6.07) is 2.15. The van der Waals surface area contributed by atoms with Crippen LogP contribution in [0.3, 0.4) is 0 Å². The lowest BCUT2D eigenvalue weighted by Crippen LogP contribution is -2.45. The Hall–Kier alpha value is -1.07. The lowest BCUT2D eigenvalue weighted by molar-refractivity contribution is 0.0602. The highest BCUT2D eigenvalue weighted by Crippen LogP contribution is 2.21. The van der Waals surface area contributed by atoms with Crippen LogP contribution in [0.2, 0.25) is 19.6 Å². The Morgan fingerprint density at radius 3 is 2.89 bits per heavy atom. The molecule has 0 spiro atoms. The first-order valence-corrected chi connectivity index (χ1v) is 10.3. The Kier molecular flexibility index (Phi) is 4.15. The number of methoxy groups -OCH3 is 1. The zero-order valence-electron chi connectivity index (χ0n) is 12.2. The first-order chi connectivity index (χ1) is 8.95. The number of hydrogen-bond acceptors (Lipinski definition) is 3. The number of carbonyl (C=O) groups excluding carboxylic acids is 1. The fraction of sp³-hybridized carbons (Fsp3) is 0.643. The second-order valence-corrected chi connectivity index (χ2v) is 11.2. The highest BCUT2D eigenvalue weighted by atomic mass is 28.3. The van der Waals surface area contributed by atoms with Crippen LogP contribution >= 0.6 is 0 Å². The first-order valence-electron chi connectivity index (χ1n) is 6.83. The van der Waals surface area contributed by atoms with Crippen molar-refractivity contribution in [3.05, 3.63) is 18.1 Å². The van der Waals surface area contributed by atoms with E-state index >= 15 is 0 Å². The van der Waals surface area contributed by atoms with Crippen molar-refractivity contribution in [2.24, 2.45) is 0 Å². The molecule has 1 aromatic heterocycles. The molecule has 0 radical (unpaired) electrons. The molecule has 0 aromatic carbocycles. The van der Waals surface area contributed by atoms with Crippen molar-refractivity contribution in [1.29, 1.82) is 0 Å². The number of ether oxygens (including phenoxy) is 1. The second-order valence-electron chi connectivity index (χ2n) is 6.16. The second kappa shape index (κ2) is 5.51. The molecule has 1 aromatic rings. The number of amides is 1. The SMILES string of the molecule is COC[C@@H]1CCCN1C(=O)c1occc1[Si](C)(C)C. The van der Waals surface area contributed by atoms with Gasteiger partial charge in [-0.2, -0.15) is 0 Å². The van der Waals surface area contributed by atoms with Gasteiger partial charge in [-0.25, -0.2) is 0 Å². The predicted octanol–water partition coefficient (Wildman–Crippen LogP) is 2.08. The van der Waals surface area contributed by atoms with E-state index in [9.17, 15) is 4.79 Å². The lowest BCUT2D eigenvalue weighted by Gasteiger charge is -2.25. The Balaban J connectivity index is 2.22. The molecule has 106 valence electrons. The van der Waals surface area contributed by atoms with Gasteiger partial charge in [0, 0.05) is 13.7 Å². The van der Waals surface area contributed by atoms with E-state index in [2.05, 4.69) is 19.6 Å². The fourth-order valence-corrected chi connectivity index (χ4v) is 4.08. The van der Waals surface area contributed by atoms with E-state index in [1.54, 1.807) is 13.4 Å². The monoisotopic (exact) mass is 281 g/mol. The standard InChI is InChI=1S/C14H23NO3Si/c1-17-10-11-6-5-8-15(11)14(16)13-12(7-9-18-13)19(2,3)4/h7,9,11H,5-6,8,10H2,1-4H3/t11-/m0/s1. The van der Waals surface area contributed by atoms with Crippen LogP contribution in [0.4, 0.5) is 0 Å². The molecule has 19 heavy (non-hydrogen) atoms. The Morgan fingerprint density at radius 2 is 2.26 bits per heavy atom. The largest absolute Gasteiger partial charge is 0.459 e. The number of furan rings is 1. The van der Waals surface area contributed by atoms with Gasteiger partial charge in [-0.05, 0) is 24.1 Å². The van der Waals surface area contributed by atoms with Crippen molar-refractivity contribution in [1.82, 2.24) is 4.90 Å². The zero-order valence-corrected chi connectivity index (χ0v) is 13.2. The third kappa shape index (κ3) is 2.92. The van der Waals surface area contributed by atoms with Crippen molar-refractivity contribution in [2.45, 2.75) is 38.5 Å². The smallest absolute Gasteiger partial charge is 0.289 e. The Morgan fingerprint density at radius 1 is 1.53 bits per heavy atom. The minimum absolute atomic E-state index is 0.0296. The van der Waals surface area contributed by atoms with Gasteiger partial charge in [-0.15, -0.1) is 0 Å². The third-order valence-electron chi connectivity index (χ3n) is 3.66. The topological polar surface area (TPSA) is 42.7 Å². The molecule has 5 heteroatoms. The highest BCUT2D eigenvalue weighted by molar-refractivity contribution is 6.89. The maximum Gasteiger partial charge on any atom is 0.289 e. The lowest BCUT2D eigenvalue weighted by atomic mass is 10.2. The van der Waals surface area contributed by atoms with E-state index in [-0.39, 0.29) is 11.9 Å². The summed E-state index contributed by atoms with van der Waals surface area (Å²) in [4.78, 5) is 14.6. The van der Waals surface area contributed by atoms with Gasteiger partial charge in [0.1, 0.15) is 0 Å². The van der Waals surface area contributed by atoms with Crippen LogP contribution in [0.15, 0.2) is 16.7 Å². The van der Waals surface area contributed by atoms with Gasteiger partial charge in [-0.1, -0.05) is 19.6 Å². The molecule has 4 nitrogen and oxygen atoms in total. The van der Waals surface area contributed by atoms with Crippen molar-refractivity contribution in [3.63, 3.8) is 0 Å². The number of carbonyl (C=O) groups is 1. The summed E-state index contributed by atoms with van der Waals surface area (Å²) in [5.41, 5.74) is 0. The first kappa shape index (κ1) is 14.3. The predicted molar refractivity (Wildman–Crippen MR) is 77.6 cm³/mol. The van der Waals surface area contributed by atoms with E-state index in [0.29, 0.717) is 12.4 Å². The normalized spacial score (nSPS) is 20.0. The molecule has 0 aliphatic carbocycles. The van der Waals surface area contributed by atoms with Crippen LogP contribution in [-0.4, -0.2) is 45.2 Å². The van der Waals surface area contributed by atoms with Gasteiger partial charge in [-0.3, -0.25) is 4.79 Å². The van der Waals surface area contributed by atoms with Crippen LogP contribution in [0.1, 0.15) is 23.4 Å². The van der Waals surface area contributed by atoms with Crippen molar-refractivity contribution in [3.8, 4) is 0 Å². The molecule has 0 saturated carbocycles. The summed E-state index contributed by atoms with van der Waals surface area (Å²) in [6.07, 6.45) is 3.70. The summed E-state index contributed by atoms with van der Waals surface area (Å²) in [5, 5.41) is 1.11. The van der Waals surface area contributed by atoms with Crippen molar-refractivity contribution < 1.29 is 13.9 Å². The van der Waals surface area contributed by atoms with E-state index in [1.807, 2.05) is 11.0 Å². The van der Waals surface area contributed by atoms with Crippen LogP contribution in [0.25, 0.3) is 0 Å². The van der Waals surface area contributed by atoms with E-state index in [4.69, 9.17) is 9.15 Å². The maximum absolute atomic E-state index is 12.7. The molecule has 0 bridgehead atoms. The maximum atomic E-state index is 12.7. The van der Waals surface area contributed by atoms with Crippen LogP contribution in [0, 0.1) is 0 Å². The molecule has 0 N–H and O–H groups in total. The van der Waals surface area contributed by atoms with E-state index in [1.165, 1.54) is 0 Å². The van der Waals surface area contributed by atoms with Crippen LogP contribution in [0.5, 0.6) is 0 Å². The number of rotatable bonds is 4. The third-order valence-corrected chi connectivity index (χ3v) is 5.67. The summed E-state index contributed by atoms with van der Waals surface area (Å²) >= 11 is 0. The molecule has 1 aliphatic heterocycles. The molecule has 0 unspecified atom stereocenters. The van der Waals surface area contributed by atoms with E-state index in [0.717, 1.165) is 24.6 Å². The molecule has 2 rings (SSSR count). The molecular formula is C14H23NO3Si. The number of hydrogen-bond donors (Lipinski definition) is 0. The summed E-state index contributed by atoms with van der Waals surface area (Å²) in [7, 11) is 0.129. The number of likely N-dealkylation sites (tertiary alicyclic amines) is 1. The highest BCUT2D eigenvalue weighted by Gasteiger charge is 2.34. The summed E-state index contributed by atoms with van der Waals surface area (Å²) in [6.45, 7) is 8.09. The summed E-state index contributed by atoms with van der Waals surface area (Å²) in [5.74, 6) is 0.573. The van der Waals surface area contributed by atoms with Gasteiger partial charge in [0.2, 0.25) is 0 Å². The van der Waals surface area contributed by atoms with Crippen molar-refractivity contribution in [2.75, 3.05) is 20.3 Å². The van der Waals surface area contributed by atoms with Crippen LogP contribution < -0.4 is 5.19 Å². The fourth-order valence-electron chi connectivity index (χ4n) is 2.66. The minimum atomic E-state index is -1.55. The average molecular weight is 281 g/mol. The molecule has 1 saturated heterocycles. The molecule has 1 fully saturated rings. The van der Waals surface area contributed by atoms with Gasteiger partial charge < -0.3 is 14.1 Å². The molecule has 1 amide bonds. The Bertz CT molecular complexity index is 450. The van der Waals surface area contributed by atoms with Gasteiger partial charge in [0.05, 0.1) is 27.0 Å². The quantitative estimate of drug-likeness (QED) is 0.794. The van der Waals surface area contributed by atoms with E-state index < -0.39 is 8.07 Å². The molecule has 2 heterocycles.